The molecule has 1 aliphatic carbocycles. The van der Waals surface area contributed by atoms with Gasteiger partial charge < -0.3 is 9.84 Å². The van der Waals surface area contributed by atoms with E-state index < -0.39 is 20.4 Å². The highest BCUT2D eigenvalue weighted by Crippen LogP contribution is 2.38. The molecule has 0 heterocycles. The average molecular weight is 358 g/mol. The second-order valence-corrected chi connectivity index (χ2v) is 7.84. The van der Waals surface area contributed by atoms with Gasteiger partial charge in [-0.3, -0.25) is 0 Å². The molecule has 130 valence electrons. The van der Waals surface area contributed by atoms with Gasteiger partial charge in [0.25, 0.3) is 9.84 Å². The van der Waals surface area contributed by atoms with Crippen LogP contribution in [0, 0.1) is 0 Å². The fourth-order valence-corrected chi connectivity index (χ4v) is 4.30. The van der Waals surface area contributed by atoms with Gasteiger partial charge in [0.05, 0.1) is 6.61 Å². The molecule has 3 rings (SSSR count). The first kappa shape index (κ1) is 17.4. The van der Waals surface area contributed by atoms with Gasteiger partial charge in [-0.05, 0) is 28.7 Å². The predicted molar refractivity (Wildman–Crippen MR) is 94.4 cm³/mol. The monoisotopic (exact) mass is 358 g/mol. The molecular weight excluding hydrogens is 340 g/mol. The Morgan fingerprint density at radius 1 is 1.08 bits per heavy atom. The Hall–Kier alpha value is -2.44. The van der Waals surface area contributed by atoms with Crippen LogP contribution in [0.1, 0.15) is 28.4 Å². The van der Waals surface area contributed by atoms with Gasteiger partial charge in [0.15, 0.2) is 0 Å². The van der Waals surface area contributed by atoms with Crippen LogP contribution < -0.4 is 0 Å². The summed E-state index contributed by atoms with van der Waals surface area (Å²) in [6, 6.07) is 15.9. The molecule has 0 spiro atoms. The minimum Gasteiger partial charge on any atom is -0.449 e. The number of fused-ring (bicyclic) bond motifs is 1. The number of carbonyl (C=O) groups is 1. The van der Waals surface area contributed by atoms with Crippen LogP contribution in [0.15, 0.2) is 60.2 Å². The second kappa shape index (κ2) is 7.21. The van der Waals surface area contributed by atoms with Crippen LogP contribution in [0.4, 0.5) is 4.79 Å². The summed E-state index contributed by atoms with van der Waals surface area (Å²) in [7, 11) is -4.20. The summed E-state index contributed by atoms with van der Waals surface area (Å²) in [5.74, 6) is 0. The molecule has 5 nitrogen and oxygen atoms in total. The lowest BCUT2D eigenvalue weighted by atomic mass is 9.92. The second-order valence-electron chi connectivity index (χ2n) is 5.85. The summed E-state index contributed by atoms with van der Waals surface area (Å²) in [5, 5.41) is 7.13. The highest BCUT2D eigenvalue weighted by Gasteiger charge is 2.38. The zero-order valence-electron chi connectivity index (χ0n) is 13.5. The first-order valence-corrected chi connectivity index (χ1v) is 9.41. The molecule has 0 fully saturated rings. The number of hydrogen-bond acceptors (Lipinski definition) is 5. The van der Waals surface area contributed by atoms with E-state index in [9.17, 15) is 18.3 Å². The van der Waals surface area contributed by atoms with Crippen LogP contribution in [0.3, 0.4) is 0 Å². The largest absolute Gasteiger partial charge is 0.449 e. The minimum absolute atomic E-state index is 0.0796. The third-order valence-corrected chi connectivity index (χ3v) is 5.91. The zero-order valence-corrected chi connectivity index (χ0v) is 14.3. The maximum atomic E-state index is 12.7. The molecule has 0 bridgehead atoms. The van der Waals surface area contributed by atoms with E-state index in [0.29, 0.717) is 22.3 Å². The highest BCUT2D eigenvalue weighted by atomic mass is 32.2. The molecule has 0 radical (unpaired) electrons. The van der Waals surface area contributed by atoms with E-state index in [0.717, 1.165) is 0 Å². The number of hydrogen-bond donors (Lipinski definition) is 1. The van der Waals surface area contributed by atoms with E-state index >= 15 is 0 Å². The zero-order chi connectivity index (χ0) is 17.9. The number of sulfone groups is 1. The fraction of sp³-hybridized carbons (Fsp3) is 0.211. The van der Waals surface area contributed by atoms with Gasteiger partial charge in [-0.15, -0.1) is 0 Å². The van der Waals surface area contributed by atoms with Crippen molar-refractivity contribution in [3.8, 4) is 0 Å². The molecule has 2 aromatic rings. The lowest BCUT2D eigenvalue weighted by molar-refractivity contribution is 0.165. The predicted octanol–water partition coefficient (Wildman–Crippen LogP) is 3.26. The molecular formula is C19H18O5S. The van der Waals surface area contributed by atoms with E-state index in [1.54, 1.807) is 54.6 Å². The van der Waals surface area contributed by atoms with E-state index in [1.807, 2.05) is 6.07 Å². The molecule has 1 N–H and O–H groups in total. The summed E-state index contributed by atoms with van der Waals surface area (Å²) in [5.41, 5.74) is 2.53. The molecule has 1 aliphatic rings. The fourth-order valence-electron chi connectivity index (χ4n) is 2.86. The van der Waals surface area contributed by atoms with Crippen molar-refractivity contribution in [1.82, 2.24) is 0 Å². The SMILES string of the molecule is O=C(OCc1ccccc1)S(=O)(=O)C1CC(CO)=Cc2ccccc21. The molecule has 0 saturated heterocycles. The van der Waals surface area contributed by atoms with Crippen molar-refractivity contribution in [2.45, 2.75) is 18.3 Å². The molecule has 0 amide bonds. The topological polar surface area (TPSA) is 80.7 Å². The van der Waals surface area contributed by atoms with Crippen molar-refractivity contribution >= 4 is 21.2 Å². The molecule has 1 unspecified atom stereocenters. The summed E-state index contributed by atoms with van der Waals surface area (Å²) < 4.78 is 30.5. The van der Waals surface area contributed by atoms with Crippen LogP contribution >= 0.6 is 0 Å². The third kappa shape index (κ3) is 3.65. The number of rotatable bonds is 4. The number of carbonyl (C=O) groups excluding carboxylic acids is 1. The smallest absolute Gasteiger partial charge is 0.425 e. The number of aliphatic hydroxyl groups excluding tert-OH is 1. The van der Waals surface area contributed by atoms with Gasteiger partial charge in [-0.25, -0.2) is 13.2 Å². The number of ether oxygens (including phenoxy) is 1. The van der Waals surface area contributed by atoms with Gasteiger partial charge >= 0.3 is 5.30 Å². The Morgan fingerprint density at radius 3 is 2.48 bits per heavy atom. The molecule has 0 saturated carbocycles. The van der Waals surface area contributed by atoms with Crippen LogP contribution in [0.5, 0.6) is 0 Å². The lowest BCUT2D eigenvalue weighted by Crippen LogP contribution is -2.26. The van der Waals surface area contributed by atoms with Crippen LogP contribution in [0.2, 0.25) is 0 Å². The van der Waals surface area contributed by atoms with Crippen molar-refractivity contribution in [2.24, 2.45) is 0 Å². The highest BCUT2D eigenvalue weighted by molar-refractivity contribution is 8.05. The molecule has 2 aromatic carbocycles. The molecule has 0 aromatic heterocycles. The van der Waals surface area contributed by atoms with E-state index in [-0.39, 0.29) is 19.6 Å². The van der Waals surface area contributed by atoms with Gasteiger partial charge in [-0.1, -0.05) is 60.7 Å². The average Bonchev–Trinajstić information content (AvgIpc) is 2.65. The van der Waals surface area contributed by atoms with Crippen LogP contribution in [-0.2, 0) is 21.2 Å². The Bertz CT molecular complexity index is 900. The summed E-state index contributed by atoms with van der Waals surface area (Å²) >= 11 is 0. The van der Waals surface area contributed by atoms with Gasteiger partial charge in [0.2, 0.25) is 0 Å². The number of aliphatic hydroxyl groups is 1. The Morgan fingerprint density at radius 2 is 1.76 bits per heavy atom. The van der Waals surface area contributed by atoms with Crippen LogP contribution in [0.25, 0.3) is 6.08 Å². The van der Waals surface area contributed by atoms with Gasteiger partial charge in [0.1, 0.15) is 11.9 Å². The molecule has 0 aliphatic heterocycles. The quantitative estimate of drug-likeness (QED) is 0.849. The maximum absolute atomic E-state index is 12.7. The standard InChI is InChI=1S/C19H18O5S/c20-12-15-10-16-8-4-5-9-17(16)18(11-15)25(22,23)19(21)24-13-14-6-2-1-3-7-14/h1-10,18,20H,11-13H2. The maximum Gasteiger partial charge on any atom is 0.425 e. The lowest BCUT2D eigenvalue weighted by Gasteiger charge is -2.24. The molecule has 6 heteroatoms. The Labute approximate surface area is 146 Å². The first-order chi connectivity index (χ1) is 12.0. The van der Waals surface area contributed by atoms with Crippen molar-refractivity contribution in [3.63, 3.8) is 0 Å². The van der Waals surface area contributed by atoms with Crippen LogP contribution in [-0.4, -0.2) is 25.4 Å². The third-order valence-electron chi connectivity index (χ3n) is 4.16. The minimum atomic E-state index is -4.20. The van der Waals surface area contributed by atoms with Crippen molar-refractivity contribution < 1.29 is 23.1 Å². The summed E-state index contributed by atoms with van der Waals surface area (Å²) in [6.45, 7) is -0.352. The molecule has 1 atom stereocenters. The Balaban J connectivity index is 1.84. The Kier molecular flexibility index (Phi) is 5.01. The van der Waals surface area contributed by atoms with Crippen molar-refractivity contribution in [3.05, 3.63) is 76.9 Å². The van der Waals surface area contributed by atoms with Crippen molar-refractivity contribution in [2.75, 3.05) is 6.61 Å². The van der Waals surface area contributed by atoms with Gasteiger partial charge in [0, 0.05) is 0 Å². The van der Waals surface area contributed by atoms with E-state index in [1.165, 1.54) is 0 Å². The van der Waals surface area contributed by atoms with E-state index in [4.69, 9.17) is 4.74 Å². The summed E-state index contributed by atoms with van der Waals surface area (Å²) in [6.07, 6.45) is 1.84. The normalized spacial score (nSPS) is 16.7. The number of benzene rings is 2. The molecule has 25 heavy (non-hydrogen) atoms. The van der Waals surface area contributed by atoms with E-state index in [2.05, 4.69) is 0 Å². The van der Waals surface area contributed by atoms with Gasteiger partial charge in [-0.2, -0.15) is 0 Å². The first-order valence-electron chi connectivity index (χ1n) is 7.86. The summed E-state index contributed by atoms with van der Waals surface area (Å²) in [4.78, 5) is 12.3. The van der Waals surface area contributed by atoms with Crippen molar-refractivity contribution in [1.29, 1.82) is 0 Å².